The highest BCUT2D eigenvalue weighted by molar-refractivity contribution is 6.44. The van der Waals surface area contributed by atoms with Gasteiger partial charge in [0.05, 0.1) is 11.2 Å². The van der Waals surface area contributed by atoms with E-state index in [1.54, 1.807) is 6.20 Å². The Labute approximate surface area is 97.1 Å². The van der Waals surface area contributed by atoms with Gasteiger partial charge in [-0.3, -0.25) is 0 Å². The molecule has 88 valence electrons. The Bertz CT molecular complexity index is 371. The molecular weight excluding hydrogens is 203 g/mol. The topological polar surface area (TPSA) is 36.3 Å². The molecule has 2 heterocycles. The third-order valence-electron chi connectivity index (χ3n) is 3.57. The van der Waals surface area contributed by atoms with Crippen LogP contribution in [0, 0.1) is 0 Å². The van der Waals surface area contributed by atoms with E-state index in [-0.39, 0.29) is 18.3 Å². The number of nitrogens with zero attached hydrogens (tertiary/aromatic N) is 2. The fourth-order valence-electron chi connectivity index (χ4n) is 1.79. The van der Waals surface area contributed by atoms with E-state index in [0.29, 0.717) is 6.32 Å². The Hall–Kier alpha value is -0.805. The quantitative estimate of drug-likeness (QED) is 0.713. The Morgan fingerprint density at radius 1 is 1.25 bits per heavy atom. The van der Waals surface area contributed by atoms with Gasteiger partial charge in [-0.05, 0) is 27.7 Å². The first-order valence-corrected chi connectivity index (χ1v) is 5.64. The van der Waals surface area contributed by atoms with Crippen LogP contribution in [0.1, 0.15) is 33.5 Å². The van der Waals surface area contributed by atoms with Crippen molar-refractivity contribution in [2.24, 2.45) is 7.05 Å². The lowest BCUT2D eigenvalue weighted by Gasteiger charge is -2.32. The van der Waals surface area contributed by atoms with Gasteiger partial charge in [0.25, 0.3) is 0 Å². The maximum atomic E-state index is 5.92. The monoisotopic (exact) mass is 222 g/mol. The molecule has 4 nitrogen and oxygen atoms in total. The second-order valence-corrected chi connectivity index (χ2v) is 5.34. The third kappa shape index (κ3) is 1.89. The van der Waals surface area contributed by atoms with E-state index >= 15 is 0 Å². The van der Waals surface area contributed by atoms with E-state index in [0.717, 1.165) is 5.82 Å². The van der Waals surface area contributed by atoms with E-state index in [9.17, 15) is 0 Å². The maximum Gasteiger partial charge on any atom is 0.465 e. The molecule has 16 heavy (non-hydrogen) atoms. The number of imidazole rings is 1. The molecule has 0 atom stereocenters. The third-order valence-corrected chi connectivity index (χ3v) is 3.57. The molecule has 0 bridgehead atoms. The normalized spacial score (nSPS) is 22.7. The molecule has 0 spiro atoms. The zero-order chi connectivity index (χ0) is 12.0. The van der Waals surface area contributed by atoms with Gasteiger partial charge < -0.3 is 13.9 Å². The molecule has 0 amide bonds. The first kappa shape index (κ1) is 11.7. The molecule has 1 aromatic heterocycles. The molecule has 0 saturated carbocycles. The highest BCUT2D eigenvalue weighted by Crippen LogP contribution is 2.37. The fourth-order valence-corrected chi connectivity index (χ4v) is 1.79. The van der Waals surface area contributed by atoms with Gasteiger partial charge in [0.2, 0.25) is 0 Å². The van der Waals surface area contributed by atoms with Crippen LogP contribution in [-0.2, 0) is 22.7 Å². The van der Waals surface area contributed by atoms with Crippen molar-refractivity contribution in [3.8, 4) is 0 Å². The van der Waals surface area contributed by atoms with Crippen LogP contribution in [0.3, 0.4) is 0 Å². The zero-order valence-electron chi connectivity index (χ0n) is 10.7. The number of hydrogen-bond acceptors (Lipinski definition) is 3. The van der Waals surface area contributed by atoms with Gasteiger partial charge in [-0.25, -0.2) is 4.98 Å². The average molecular weight is 222 g/mol. The molecule has 1 saturated heterocycles. The lowest BCUT2D eigenvalue weighted by Crippen LogP contribution is -2.41. The molecule has 1 aromatic rings. The average Bonchev–Trinajstić information content (AvgIpc) is 2.57. The Balaban J connectivity index is 2.08. The molecule has 5 heteroatoms. The minimum Gasteiger partial charge on any atom is -0.403 e. The van der Waals surface area contributed by atoms with E-state index < -0.39 is 0 Å². The summed E-state index contributed by atoms with van der Waals surface area (Å²) in [5.41, 5.74) is -0.522. The highest BCUT2D eigenvalue weighted by Gasteiger charge is 2.51. The van der Waals surface area contributed by atoms with Crippen LogP contribution in [0.25, 0.3) is 0 Å². The van der Waals surface area contributed by atoms with Crippen molar-refractivity contribution in [2.45, 2.75) is 45.2 Å². The molecule has 1 aliphatic rings. The van der Waals surface area contributed by atoms with Crippen LogP contribution in [0.2, 0.25) is 0 Å². The molecule has 0 aromatic carbocycles. The summed E-state index contributed by atoms with van der Waals surface area (Å²) < 4.78 is 13.8. The molecule has 1 fully saturated rings. The summed E-state index contributed by atoms with van der Waals surface area (Å²) in [6, 6.07) is 0. The van der Waals surface area contributed by atoms with E-state index in [4.69, 9.17) is 9.31 Å². The van der Waals surface area contributed by atoms with E-state index in [2.05, 4.69) is 32.7 Å². The SMILES string of the molecule is Cn1ccnc1CB1OC(C)(C)C(C)(C)O1. The van der Waals surface area contributed by atoms with Crippen molar-refractivity contribution in [3.05, 3.63) is 18.2 Å². The summed E-state index contributed by atoms with van der Waals surface area (Å²) in [4.78, 5) is 4.28. The summed E-state index contributed by atoms with van der Waals surface area (Å²) in [6.45, 7) is 8.24. The smallest absolute Gasteiger partial charge is 0.403 e. The number of aryl methyl sites for hydroxylation is 1. The first-order chi connectivity index (χ1) is 7.32. The maximum absolute atomic E-state index is 5.92. The lowest BCUT2D eigenvalue weighted by atomic mass is 9.84. The minimum absolute atomic E-state index is 0.203. The van der Waals surface area contributed by atoms with Crippen molar-refractivity contribution in [3.63, 3.8) is 0 Å². The summed E-state index contributed by atoms with van der Waals surface area (Å²) in [7, 11) is 1.78. The van der Waals surface area contributed by atoms with E-state index in [1.165, 1.54) is 0 Å². The van der Waals surface area contributed by atoms with Gasteiger partial charge in [-0.1, -0.05) is 0 Å². The molecule has 0 aliphatic carbocycles. The first-order valence-electron chi connectivity index (χ1n) is 5.64. The number of rotatable bonds is 2. The van der Waals surface area contributed by atoms with Crippen LogP contribution < -0.4 is 0 Å². The van der Waals surface area contributed by atoms with Crippen molar-refractivity contribution in [1.82, 2.24) is 9.55 Å². The number of aromatic nitrogens is 2. The summed E-state index contributed by atoms with van der Waals surface area (Å²) >= 11 is 0. The van der Waals surface area contributed by atoms with Gasteiger partial charge >= 0.3 is 7.12 Å². The molecule has 2 rings (SSSR count). The zero-order valence-corrected chi connectivity index (χ0v) is 10.7. The standard InChI is InChI=1S/C11H19BN2O2/c1-10(2)11(3,4)16-12(15-10)8-9-13-6-7-14(9)5/h6-7H,8H2,1-5H3. The van der Waals surface area contributed by atoms with Crippen molar-refractivity contribution in [1.29, 1.82) is 0 Å². The van der Waals surface area contributed by atoms with Gasteiger partial charge in [0.1, 0.15) is 5.82 Å². The van der Waals surface area contributed by atoms with Crippen molar-refractivity contribution >= 4 is 7.12 Å². The summed E-state index contributed by atoms with van der Waals surface area (Å²) in [6.07, 6.45) is 4.41. The molecular formula is C11H19BN2O2. The van der Waals surface area contributed by atoms with Crippen LogP contribution in [0.5, 0.6) is 0 Å². The molecule has 0 N–H and O–H groups in total. The predicted molar refractivity (Wildman–Crippen MR) is 63.0 cm³/mol. The van der Waals surface area contributed by atoms with Gasteiger partial charge in [0.15, 0.2) is 0 Å². The van der Waals surface area contributed by atoms with Gasteiger partial charge in [-0.2, -0.15) is 0 Å². The van der Waals surface area contributed by atoms with Crippen LogP contribution in [-0.4, -0.2) is 27.9 Å². The van der Waals surface area contributed by atoms with Crippen molar-refractivity contribution < 1.29 is 9.31 Å². The second-order valence-electron chi connectivity index (χ2n) is 5.34. The van der Waals surface area contributed by atoms with Crippen LogP contribution >= 0.6 is 0 Å². The Morgan fingerprint density at radius 2 is 1.81 bits per heavy atom. The fraction of sp³-hybridized carbons (Fsp3) is 0.727. The largest absolute Gasteiger partial charge is 0.465 e. The Kier molecular flexibility index (Phi) is 2.63. The number of hydrogen-bond donors (Lipinski definition) is 0. The summed E-state index contributed by atoms with van der Waals surface area (Å²) in [5, 5.41) is 0. The summed E-state index contributed by atoms with van der Waals surface area (Å²) in [5.74, 6) is 0.985. The second kappa shape index (κ2) is 3.60. The predicted octanol–water partition coefficient (Wildman–Crippen LogP) is 1.59. The molecule has 0 unspecified atom stereocenters. The minimum atomic E-state index is -0.261. The van der Waals surface area contributed by atoms with Crippen LogP contribution in [0.15, 0.2) is 12.4 Å². The van der Waals surface area contributed by atoms with Crippen molar-refractivity contribution in [2.75, 3.05) is 0 Å². The molecule has 0 radical (unpaired) electrons. The van der Waals surface area contributed by atoms with Gasteiger partial charge in [0, 0.05) is 25.8 Å². The lowest BCUT2D eigenvalue weighted by molar-refractivity contribution is 0.00578. The van der Waals surface area contributed by atoms with E-state index in [1.807, 2.05) is 17.8 Å². The van der Waals surface area contributed by atoms with Gasteiger partial charge in [-0.15, -0.1) is 0 Å². The Morgan fingerprint density at radius 3 is 2.25 bits per heavy atom. The van der Waals surface area contributed by atoms with Crippen LogP contribution in [0.4, 0.5) is 0 Å². The molecule has 1 aliphatic heterocycles. The highest BCUT2D eigenvalue weighted by atomic mass is 16.7.